The molecule has 0 aliphatic heterocycles. The van der Waals surface area contributed by atoms with E-state index in [1.165, 1.54) is 0 Å². The molecule has 0 saturated heterocycles. The van der Waals surface area contributed by atoms with Crippen molar-refractivity contribution in [1.29, 1.82) is 0 Å². The summed E-state index contributed by atoms with van der Waals surface area (Å²) in [6.45, 7) is -0.518. The third-order valence-electron chi connectivity index (χ3n) is 4.79. The van der Waals surface area contributed by atoms with Crippen molar-refractivity contribution in [2.45, 2.75) is 9.79 Å². The third-order valence-corrected chi connectivity index (χ3v) is 6.58. The Morgan fingerprint density at radius 1 is 0.795 bits per heavy atom. The van der Waals surface area contributed by atoms with Gasteiger partial charge in [-0.1, -0.05) is 0 Å². The van der Waals surface area contributed by atoms with Gasteiger partial charge in [-0.3, -0.25) is 49.3 Å². The minimum Gasteiger partial charge on any atom is -0.365 e. The quantitative estimate of drug-likeness (QED) is 0.140. The van der Waals surface area contributed by atoms with Crippen LogP contribution >= 0.6 is 0 Å². The van der Waals surface area contributed by atoms with Crippen molar-refractivity contribution in [3.8, 4) is 0 Å². The van der Waals surface area contributed by atoms with Gasteiger partial charge in [-0.25, -0.2) is 0 Å². The molecular formula is C19H14N6O12S2. The standard InChI is InChI=1S/C19H14N6O12S2/c26-15-6-5-14(21-9-20-12-3-1-10(24(28)29)7-16(12)38(32,33)34)19(27)18(15)23-22-13-4-2-11(25(30)31)8-17(13)39(35,36)37/h1-8,20,22H,9H2,(H,32,33,34)(H,35,36,37)/b21-14?,23-18-. The summed E-state index contributed by atoms with van der Waals surface area (Å²) in [6.07, 6.45) is 0. The molecule has 18 nitrogen and oxygen atoms in total. The van der Waals surface area contributed by atoms with Crippen LogP contribution in [0.4, 0.5) is 22.7 Å². The molecule has 0 spiro atoms. The van der Waals surface area contributed by atoms with Crippen LogP contribution in [0.5, 0.6) is 0 Å². The van der Waals surface area contributed by atoms with Gasteiger partial charge in [-0.2, -0.15) is 21.9 Å². The normalized spacial score (nSPS) is 12.8. The van der Waals surface area contributed by atoms with Gasteiger partial charge in [-0.05, 0) is 24.3 Å². The molecule has 39 heavy (non-hydrogen) atoms. The molecule has 4 N–H and O–H groups in total. The van der Waals surface area contributed by atoms with E-state index in [0.29, 0.717) is 12.1 Å². The fraction of sp³-hybridized carbons (Fsp3) is 0.0526. The average molecular weight is 582 g/mol. The molecule has 0 bridgehead atoms. The molecular weight excluding hydrogens is 568 g/mol. The maximum absolute atomic E-state index is 12.7. The van der Waals surface area contributed by atoms with Crippen LogP contribution in [0.25, 0.3) is 0 Å². The average Bonchev–Trinajstić information content (AvgIpc) is 2.84. The van der Waals surface area contributed by atoms with Crippen molar-refractivity contribution in [2.24, 2.45) is 10.1 Å². The monoisotopic (exact) mass is 582 g/mol. The Morgan fingerprint density at radius 3 is 1.82 bits per heavy atom. The fourth-order valence-corrected chi connectivity index (χ4v) is 4.36. The van der Waals surface area contributed by atoms with E-state index in [1.54, 1.807) is 0 Å². The summed E-state index contributed by atoms with van der Waals surface area (Å²) in [5.74, 6) is 0. The summed E-state index contributed by atoms with van der Waals surface area (Å²) in [5, 5.41) is 26.6. The molecule has 204 valence electrons. The van der Waals surface area contributed by atoms with E-state index in [2.05, 4.69) is 20.8 Å². The van der Waals surface area contributed by atoms with Crippen molar-refractivity contribution in [3.63, 3.8) is 0 Å². The van der Waals surface area contributed by atoms with Gasteiger partial charge in [-0.15, -0.1) is 0 Å². The highest BCUT2D eigenvalue weighted by Crippen LogP contribution is 2.27. The zero-order chi connectivity index (χ0) is 29.1. The van der Waals surface area contributed by atoms with Crippen molar-refractivity contribution in [1.82, 2.24) is 0 Å². The maximum Gasteiger partial charge on any atom is 0.296 e. The van der Waals surface area contributed by atoms with E-state index in [4.69, 9.17) is 0 Å². The van der Waals surface area contributed by atoms with E-state index in [-0.39, 0.29) is 11.0 Å². The van der Waals surface area contributed by atoms with E-state index in [0.717, 1.165) is 36.4 Å². The Hall–Kier alpha value is -4.92. The zero-order valence-electron chi connectivity index (χ0n) is 18.9. The second kappa shape index (κ2) is 10.8. The van der Waals surface area contributed by atoms with Crippen LogP contribution in [-0.4, -0.2) is 42.5 Å². The molecule has 0 amide bonds. The Labute approximate surface area is 216 Å². The highest BCUT2D eigenvalue weighted by atomic mass is 32.2. The number of nitrogens with one attached hydrogen (secondary N) is 2. The van der Waals surface area contributed by atoms with Gasteiger partial charge >= 0.3 is 0 Å². The Morgan fingerprint density at radius 2 is 1.31 bits per heavy atom. The van der Waals surface area contributed by atoms with Crippen molar-refractivity contribution in [2.75, 3.05) is 17.4 Å². The number of rotatable bonds is 9. The molecule has 0 fully saturated rings. The maximum atomic E-state index is 12.7. The Balaban J connectivity index is 1.98. The second-order valence-electron chi connectivity index (χ2n) is 7.30. The van der Waals surface area contributed by atoms with Gasteiger partial charge in [0, 0.05) is 24.3 Å². The summed E-state index contributed by atoms with van der Waals surface area (Å²) in [5.41, 5.74) is -2.00. The zero-order valence-corrected chi connectivity index (χ0v) is 20.5. The largest absolute Gasteiger partial charge is 0.365 e. The first-order valence-electron chi connectivity index (χ1n) is 10.0. The van der Waals surface area contributed by atoms with E-state index < -0.39 is 79.8 Å². The van der Waals surface area contributed by atoms with E-state index in [9.17, 15) is 55.8 Å². The van der Waals surface area contributed by atoms with Gasteiger partial charge in [0.1, 0.15) is 21.8 Å². The SMILES string of the molecule is O=c1ccc(=NCNc2ccc([N+](=O)[O-])cc2S(=O)(=O)O)c(=O)/c1=N\Nc1ccc([N+](=O)[O-])cc1S(=O)(=O)O. The number of nitrogens with zero attached hydrogens (tertiary/aromatic N) is 4. The van der Waals surface area contributed by atoms with Crippen LogP contribution in [0.3, 0.4) is 0 Å². The minimum atomic E-state index is -4.99. The molecule has 0 aliphatic carbocycles. The lowest BCUT2D eigenvalue weighted by molar-refractivity contribution is -0.385. The Kier molecular flexibility index (Phi) is 7.95. The molecule has 0 unspecified atom stereocenters. The number of nitro benzene ring substituents is 2. The minimum absolute atomic E-state index is 0.290. The molecule has 3 aromatic rings. The lowest BCUT2D eigenvalue weighted by Gasteiger charge is -2.08. The smallest absolute Gasteiger partial charge is 0.296 e. The van der Waals surface area contributed by atoms with Crippen LogP contribution in [0.15, 0.2) is 78.0 Å². The number of non-ortho nitro benzene ring substituents is 2. The molecule has 0 heterocycles. The number of hydrogen-bond acceptors (Lipinski definition) is 14. The summed E-state index contributed by atoms with van der Waals surface area (Å²) >= 11 is 0. The Bertz CT molecular complexity index is 1950. The molecule has 3 rings (SSSR count). The van der Waals surface area contributed by atoms with Crippen LogP contribution in [0.2, 0.25) is 0 Å². The van der Waals surface area contributed by atoms with Crippen LogP contribution in [-0.2, 0) is 20.2 Å². The molecule has 0 radical (unpaired) electrons. The molecule has 20 heteroatoms. The predicted octanol–water partition coefficient (Wildman–Crippen LogP) is -0.509. The second-order valence-corrected chi connectivity index (χ2v) is 10.1. The molecule has 0 atom stereocenters. The highest BCUT2D eigenvalue weighted by molar-refractivity contribution is 7.86. The van der Waals surface area contributed by atoms with Crippen LogP contribution in [0.1, 0.15) is 0 Å². The van der Waals surface area contributed by atoms with Crippen molar-refractivity contribution in [3.05, 3.63) is 99.9 Å². The summed E-state index contributed by atoms with van der Waals surface area (Å²) in [4.78, 5) is 46.9. The molecule has 0 aliphatic rings. The summed E-state index contributed by atoms with van der Waals surface area (Å²) < 4.78 is 65.2. The van der Waals surface area contributed by atoms with Gasteiger partial charge in [0.05, 0.1) is 21.2 Å². The molecule has 3 aromatic carbocycles. The topological polar surface area (TPSA) is 278 Å². The van der Waals surface area contributed by atoms with Crippen LogP contribution < -0.4 is 32.3 Å². The molecule has 0 saturated carbocycles. The van der Waals surface area contributed by atoms with Crippen molar-refractivity contribution < 1.29 is 35.8 Å². The first kappa shape index (κ1) is 28.6. The highest BCUT2D eigenvalue weighted by Gasteiger charge is 2.21. The van der Waals surface area contributed by atoms with Gasteiger partial charge in [0.25, 0.3) is 31.6 Å². The van der Waals surface area contributed by atoms with Gasteiger partial charge in [0.2, 0.25) is 10.9 Å². The number of hydrogen-bond donors (Lipinski definition) is 4. The first-order chi connectivity index (χ1) is 18.1. The first-order valence-corrected chi connectivity index (χ1v) is 12.9. The summed E-state index contributed by atoms with van der Waals surface area (Å²) in [6, 6.07) is 6.69. The van der Waals surface area contributed by atoms with Crippen molar-refractivity contribution >= 4 is 43.0 Å². The number of nitro groups is 2. The van der Waals surface area contributed by atoms with E-state index >= 15 is 0 Å². The lowest BCUT2D eigenvalue weighted by Crippen LogP contribution is -2.47. The predicted molar refractivity (Wildman–Crippen MR) is 130 cm³/mol. The third kappa shape index (κ3) is 6.70. The summed E-state index contributed by atoms with van der Waals surface area (Å²) in [7, 11) is -9.88. The van der Waals surface area contributed by atoms with Gasteiger partial charge < -0.3 is 5.32 Å². The van der Waals surface area contributed by atoms with E-state index in [1.807, 2.05) is 0 Å². The molecule has 0 aromatic heterocycles. The van der Waals surface area contributed by atoms with Crippen LogP contribution in [0, 0.1) is 20.2 Å². The fourth-order valence-electron chi connectivity index (χ4n) is 3.01. The number of benzene rings is 3. The lowest BCUT2D eigenvalue weighted by atomic mass is 10.3. The number of anilines is 2. The van der Waals surface area contributed by atoms with Gasteiger partial charge in [0.15, 0.2) is 5.36 Å².